The van der Waals surface area contributed by atoms with Gasteiger partial charge in [-0.3, -0.25) is 19.0 Å². The minimum absolute atomic E-state index is 0.0268. The molecule has 0 aliphatic carbocycles. The van der Waals surface area contributed by atoms with Crippen LogP contribution >= 0.6 is 0 Å². The standard InChI is InChI=1S/C25H26N4O3/c1-17-7-9-19(10-8-17)14-29-25(32)24(31)28-15-20-11-12-27(16-21(20)23(28)26-29)22(30)13-18-5-3-2-4-6-18/h2-10,20-21H,11-16H2,1H3/t20-,21+/m0/s1. The first-order valence-corrected chi connectivity index (χ1v) is 11.1. The molecule has 1 aromatic heterocycles. The second-order valence-electron chi connectivity index (χ2n) is 8.88. The summed E-state index contributed by atoms with van der Waals surface area (Å²) in [5.41, 5.74) is 1.94. The molecule has 0 N–H and O–H groups in total. The number of hydrogen-bond donors (Lipinski definition) is 0. The number of aromatic nitrogens is 3. The number of carbonyl (C=O) groups is 1. The van der Waals surface area contributed by atoms with Crippen LogP contribution in [0.3, 0.4) is 0 Å². The second-order valence-corrected chi connectivity index (χ2v) is 8.88. The van der Waals surface area contributed by atoms with E-state index >= 15 is 0 Å². The lowest BCUT2D eigenvalue weighted by Gasteiger charge is -2.34. The number of hydrogen-bond acceptors (Lipinski definition) is 4. The van der Waals surface area contributed by atoms with E-state index in [1.807, 2.05) is 66.4 Å². The van der Waals surface area contributed by atoms with Gasteiger partial charge in [-0.15, -0.1) is 0 Å². The van der Waals surface area contributed by atoms with Crippen molar-refractivity contribution in [3.63, 3.8) is 0 Å². The molecule has 1 amide bonds. The zero-order chi connectivity index (χ0) is 22.2. The number of likely N-dealkylation sites (tertiary alicyclic amines) is 1. The van der Waals surface area contributed by atoms with Gasteiger partial charge in [0.15, 0.2) is 0 Å². The highest BCUT2D eigenvalue weighted by molar-refractivity contribution is 5.79. The summed E-state index contributed by atoms with van der Waals surface area (Å²) >= 11 is 0. The van der Waals surface area contributed by atoms with E-state index < -0.39 is 11.1 Å². The van der Waals surface area contributed by atoms with E-state index in [2.05, 4.69) is 5.10 Å². The summed E-state index contributed by atoms with van der Waals surface area (Å²) in [5.74, 6) is 0.916. The van der Waals surface area contributed by atoms with E-state index in [-0.39, 0.29) is 24.3 Å². The summed E-state index contributed by atoms with van der Waals surface area (Å²) in [7, 11) is 0. The fourth-order valence-electron chi connectivity index (χ4n) is 4.83. The zero-order valence-corrected chi connectivity index (χ0v) is 18.1. The SMILES string of the molecule is Cc1ccc(Cn2nc3n(c(=O)c2=O)C[C@@H]2CCN(C(=O)Cc4ccccc4)C[C@@H]32)cc1. The van der Waals surface area contributed by atoms with E-state index in [0.29, 0.717) is 31.9 Å². The van der Waals surface area contributed by atoms with Gasteiger partial charge < -0.3 is 4.90 Å². The molecule has 2 aliphatic rings. The van der Waals surface area contributed by atoms with E-state index in [9.17, 15) is 14.4 Å². The summed E-state index contributed by atoms with van der Waals surface area (Å²) in [6.07, 6.45) is 1.17. The fraction of sp³-hybridized carbons (Fsp3) is 0.360. The third-order valence-corrected chi connectivity index (χ3v) is 6.67. The Morgan fingerprint density at radius 1 is 0.969 bits per heavy atom. The fourth-order valence-corrected chi connectivity index (χ4v) is 4.83. The quantitative estimate of drug-likeness (QED) is 0.593. The number of aryl methyl sites for hydroxylation is 1. The van der Waals surface area contributed by atoms with Crippen molar-refractivity contribution in [1.82, 2.24) is 19.2 Å². The first-order valence-electron chi connectivity index (χ1n) is 11.1. The van der Waals surface area contributed by atoms with Crippen molar-refractivity contribution in [2.45, 2.75) is 38.8 Å². The molecule has 32 heavy (non-hydrogen) atoms. The molecule has 0 saturated carbocycles. The van der Waals surface area contributed by atoms with E-state index in [0.717, 1.165) is 23.1 Å². The molecule has 3 heterocycles. The van der Waals surface area contributed by atoms with Crippen molar-refractivity contribution >= 4 is 5.91 Å². The molecule has 1 fully saturated rings. The van der Waals surface area contributed by atoms with Gasteiger partial charge in [0.05, 0.1) is 13.0 Å². The number of fused-ring (bicyclic) bond motifs is 3. The van der Waals surface area contributed by atoms with Gasteiger partial charge in [0.1, 0.15) is 5.82 Å². The lowest BCUT2D eigenvalue weighted by molar-refractivity contribution is -0.132. The highest BCUT2D eigenvalue weighted by Crippen LogP contribution is 2.37. The Labute approximate surface area is 185 Å². The lowest BCUT2D eigenvalue weighted by Crippen LogP contribution is -2.44. The monoisotopic (exact) mass is 430 g/mol. The minimum Gasteiger partial charge on any atom is -0.342 e. The number of carbonyl (C=O) groups excluding carboxylic acids is 1. The molecular weight excluding hydrogens is 404 g/mol. The van der Waals surface area contributed by atoms with Gasteiger partial charge in [-0.25, -0.2) is 4.68 Å². The van der Waals surface area contributed by atoms with Gasteiger partial charge in [-0.1, -0.05) is 60.2 Å². The Hall–Kier alpha value is -3.48. The minimum atomic E-state index is -0.593. The molecule has 164 valence electrons. The topological polar surface area (TPSA) is 77.2 Å². The Morgan fingerprint density at radius 3 is 2.47 bits per heavy atom. The first kappa shape index (κ1) is 20.4. The van der Waals surface area contributed by atoms with Crippen molar-refractivity contribution in [3.8, 4) is 0 Å². The molecule has 0 spiro atoms. The highest BCUT2D eigenvalue weighted by atomic mass is 16.2. The van der Waals surface area contributed by atoms with Gasteiger partial charge >= 0.3 is 11.1 Å². The van der Waals surface area contributed by atoms with Crippen LogP contribution in [0.4, 0.5) is 0 Å². The molecule has 7 nitrogen and oxygen atoms in total. The third-order valence-electron chi connectivity index (χ3n) is 6.67. The largest absolute Gasteiger partial charge is 0.342 e. The van der Waals surface area contributed by atoms with Gasteiger partial charge in [-0.05, 0) is 30.4 Å². The molecule has 3 aromatic rings. The summed E-state index contributed by atoms with van der Waals surface area (Å²) in [5, 5.41) is 4.62. The van der Waals surface area contributed by atoms with Crippen LogP contribution in [0, 0.1) is 12.8 Å². The van der Waals surface area contributed by atoms with Crippen molar-refractivity contribution in [3.05, 3.63) is 97.8 Å². The van der Waals surface area contributed by atoms with Gasteiger partial charge in [0.25, 0.3) is 0 Å². The Kier molecular flexibility index (Phi) is 5.25. The number of benzene rings is 2. The molecule has 1 saturated heterocycles. The number of amides is 1. The molecule has 7 heteroatoms. The molecule has 2 atom stereocenters. The van der Waals surface area contributed by atoms with Crippen LogP contribution < -0.4 is 11.1 Å². The average Bonchev–Trinajstić information content (AvgIpc) is 3.17. The molecule has 2 aromatic carbocycles. The van der Waals surface area contributed by atoms with Crippen LogP contribution in [0.5, 0.6) is 0 Å². The Morgan fingerprint density at radius 2 is 1.72 bits per heavy atom. The number of nitrogens with zero attached hydrogens (tertiary/aromatic N) is 4. The molecular formula is C25H26N4O3. The van der Waals surface area contributed by atoms with Gasteiger partial charge in [0, 0.05) is 25.6 Å². The summed E-state index contributed by atoms with van der Waals surface area (Å²) in [4.78, 5) is 40.3. The highest BCUT2D eigenvalue weighted by Gasteiger charge is 2.41. The third kappa shape index (κ3) is 3.79. The summed E-state index contributed by atoms with van der Waals surface area (Å²) in [6, 6.07) is 17.6. The normalized spacial score (nSPS) is 19.5. The van der Waals surface area contributed by atoms with Crippen molar-refractivity contribution in [2.75, 3.05) is 13.1 Å². The average molecular weight is 431 g/mol. The van der Waals surface area contributed by atoms with E-state index in [4.69, 9.17) is 0 Å². The van der Waals surface area contributed by atoms with E-state index in [1.165, 1.54) is 9.25 Å². The van der Waals surface area contributed by atoms with E-state index in [1.54, 1.807) is 0 Å². The summed E-state index contributed by atoms with van der Waals surface area (Å²) < 4.78 is 2.82. The predicted molar refractivity (Wildman–Crippen MR) is 121 cm³/mol. The van der Waals surface area contributed by atoms with Crippen LogP contribution in [0.1, 0.15) is 34.9 Å². The maximum atomic E-state index is 12.9. The van der Waals surface area contributed by atoms with Crippen molar-refractivity contribution < 1.29 is 4.79 Å². The van der Waals surface area contributed by atoms with Crippen LogP contribution in [-0.2, 0) is 24.3 Å². The maximum Gasteiger partial charge on any atom is 0.332 e. The van der Waals surface area contributed by atoms with Crippen LogP contribution in [0.2, 0.25) is 0 Å². The van der Waals surface area contributed by atoms with Gasteiger partial charge in [0.2, 0.25) is 5.91 Å². The molecule has 5 rings (SSSR count). The first-order chi connectivity index (χ1) is 15.5. The molecule has 2 aliphatic heterocycles. The predicted octanol–water partition coefficient (Wildman–Crippen LogP) is 1.95. The maximum absolute atomic E-state index is 12.9. The smallest absolute Gasteiger partial charge is 0.332 e. The summed E-state index contributed by atoms with van der Waals surface area (Å²) in [6.45, 7) is 3.97. The van der Waals surface area contributed by atoms with Gasteiger partial charge in [-0.2, -0.15) is 5.10 Å². The number of piperidine rings is 1. The van der Waals surface area contributed by atoms with Crippen molar-refractivity contribution in [2.24, 2.45) is 5.92 Å². The van der Waals surface area contributed by atoms with Crippen LogP contribution in [0.15, 0.2) is 64.2 Å². The number of rotatable bonds is 4. The lowest BCUT2D eigenvalue weighted by atomic mass is 9.87. The molecule has 0 bridgehead atoms. The van der Waals surface area contributed by atoms with Crippen LogP contribution in [-0.4, -0.2) is 38.2 Å². The Bertz CT molecular complexity index is 1260. The molecule has 0 unspecified atom stereocenters. The Balaban J connectivity index is 1.40. The second kappa shape index (κ2) is 8.22. The zero-order valence-electron chi connectivity index (χ0n) is 18.1. The van der Waals surface area contributed by atoms with Crippen molar-refractivity contribution in [1.29, 1.82) is 0 Å². The van der Waals surface area contributed by atoms with Crippen LogP contribution in [0.25, 0.3) is 0 Å². The molecule has 0 radical (unpaired) electrons.